The molecule has 6 nitrogen and oxygen atoms in total. The van der Waals surface area contributed by atoms with Gasteiger partial charge in [-0.05, 0) is 25.8 Å². The molecule has 0 saturated carbocycles. The van der Waals surface area contributed by atoms with Crippen LogP contribution in [0.25, 0.3) is 0 Å². The summed E-state index contributed by atoms with van der Waals surface area (Å²) < 4.78 is 30.7. The zero-order chi connectivity index (χ0) is 13.0. The maximum Gasteiger partial charge on any atom is 0.233 e. The number of sulfonamides is 1. The Bertz CT molecular complexity index is 478. The molecule has 1 atom stereocenters. The summed E-state index contributed by atoms with van der Waals surface area (Å²) in [5.74, 6) is 0.573. The summed E-state index contributed by atoms with van der Waals surface area (Å²) in [5, 5.41) is 7.57. The van der Waals surface area contributed by atoms with E-state index in [9.17, 15) is 8.42 Å². The van der Waals surface area contributed by atoms with Crippen LogP contribution in [0.3, 0.4) is 0 Å². The first-order chi connectivity index (χ1) is 8.62. The van der Waals surface area contributed by atoms with Crippen LogP contribution < -0.4 is 4.74 Å². The molecule has 2 rings (SSSR count). The third kappa shape index (κ3) is 3.17. The zero-order valence-electron chi connectivity index (χ0n) is 10.3. The molecule has 0 bridgehead atoms. The first-order valence-electron chi connectivity index (χ1n) is 6.04. The number of ether oxygens (including phenoxy) is 1. The van der Waals surface area contributed by atoms with Gasteiger partial charge in [-0.2, -0.15) is 9.40 Å². The molecule has 0 aromatic carbocycles. The normalized spacial score (nSPS) is 21.7. The lowest BCUT2D eigenvalue weighted by atomic mass is 10.1. The van der Waals surface area contributed by atoms with E-state index in [0.717, 1.165) is 12.8 Å². The Morgan fingerprint density at radius 3 is 3.06 bits per heavy atom. The summed E-state index contributed by atoms with van der Waals surface area (Å²) in [6.07, 6.45) is 3.08. The van der Waals surface area contributed by atoms with Crippen molar-refractivity contribution in [3.63, 3.8) is 0 Å². The van der Waals surface area contributed by atoms with E-state index in [1.165, 1.54) is 4.31 Å². The number of piperidine rings is 1. The van der Waals surface area contributed by atoms with Crippen molar-refractivity contribution in [2.45, 2.75) is 25.9 Å². The number of aromatic nitrogens is 2. The third-order valence-corrected chi connectivity index (χ3v) is 4.78. The Balaban J connectivity index is 1.99. The van der Waals surface area contributed by atoms with Crippen molar-refractivity contribution in [1.29, 1.82) is 0 Å². The number of rotatable bonds is 4. The van der Waals surface area contributed by atoms with E-state index < -0.39 is 10.0 Å². The Morgan fingerprint density at radius 2 is 2.39 bits per heavy atom. The van der Waals surface area contributed by atoms with Crippen molar-refractivity contribution in [3.05, 3.63) is 18.3 Å². The maximum atomic E-state index is 11.8. The molecular formula is C11H17N3O3S. The minimum absolute atomic E-state index is 0.130. The van der Waals surface area contributed by atoms with Crippen molar-refractivity contribution in [3.8, 4) is 5.88 Å². The first kappa shape index (κ1) is 13.2. The fraction of sp³-hybridized carbons (Fsp3) is 0.636. The molecule has 2 heterocycles. The number of hydrogen-bond acceptors (Lipinski definition) is 5. The van der Waals surface area contributed by atoms with Crippen molar-refractivity contribution in [2.75, 3.05) is 18.8 Å². The molecule has 0 amide bonds. The van der Waals surface area contributed by atoms with Crippen LogP contribution in [0.5, 0.6) is 5.88 Å². The van der Waals surface area contributed by atoms with E-state index in [2.05, 4.69) is 10.2 Å². The Hall–Kier alpha value is -1.21. The van der Waals surface area contributed by atoms with Gasteiger partial charge >= 0.3 is 0 Å². The minimum atomic E-state index is -3.13. The summed E-state index contributed by atoms with van der Waals surface area (Å²) in [6.45, 7) is 2.63. The van der Waals surface area contributed by atoms with Gasteiger partial charge in [-0.25, -0.2) is 8.42 Å². The van der Waals surface area contributed by atoms with E-state index >= 15 is 0 Å². The number of hydrogen-bond donors (Lipinski definition) is 0. The van der Waals surface area contributed by atoms with Crippen LogP contribution in [-0.2, 0) is 10.0 Å². The van der Waals surface area contributed by atoms with Gasteiger partial charge in [-0.1, -0.05) is 0 Å². The van der Waals surface area contributed by atoms with Crippen LogP contribution in [0, 0.1) is 0 Å². The summed E-state index contributed by atoms with van der Waals surface area (Å²) in [7, 11) is -3.13. The van der Waals surface area contributed by atoms with Crippen LogP contribution in [0.2, 0.25) is 0 Å². The highest BCUT2D eigenvalue weighted by Gasteiger charge is 2.28. The fourth-order valence-electron chi connectivity index (χ4n) is 1.96. The topological polar surface area (TPSA) is 72.4 Å². The van der Waals surface area contributed by atoms with Crippen molar-refractivity contribution in [2.24, 2.45) is 0 Å². The highest BCUT2D eigenvalue weighted by atomic mass is 32.2. The van der Waals surface area contributed by atoms with Crippen LogP contribution >= 0.6 is 0 Å². The average Bonchev–Trinajstić information content (AvgIpc) is 2.40. The summed E-state index contributed by atoms with van der Waals surface area (Å²) >= 11 is 0. The second-order valence-corrected chi connectivity index (χ2v) is 6.46. The van der Waals surface area contributed by atoms with E-state index in [1.54, 1.807) is 25.3 Å². The lowest BCUT2D eigenvalue weighted by Crippen LogP contribution is -2.44. The van der Waals surface area contributed by atoms with E-state index in [4.69, 9.17) is 4.74 Å². The van der Waals surface area contributed by atoms with Gasteiger partial charge in [-0.3, -0.25) is 0 Å². The van der Waals surface area contributed by atoms with Gasteiger partial charge in [0.05, 0.1) is 12.3 Å². The summed E-state index contributed by atoms with van der Waals surface area (Å²) in [4.78, 5) is 0. The predicted molar refractivity (Wildman–Crippen MR) is 66.7 cm³/mol. The molecule has 1 aliphatic rings. The van der Waals surface area contributed by atoms with Crippen LogP contribution in [0.15, 0.2) is 18.3 Å². The highest BCUT2D eigenvalue weighted by Crippen LogP contribution is 2.18. The lowest BCUT2D eigenvalue weighted by molar-refractivity contribution is 0.123. The molecule has 100 valence electrons. The summed E-state index contributed by atoms with van der Waals surface area (Å²) in [6, 6.07) is 3.46. The monoisotopic (exact) mass is 271 g/mol. The second kappa shape index (κ2) is 5.62. The molecule has 1 saturated heterocycles. The van der Waals surface area contributed by atoms with Crippen molar-refractivity contribution in [1.82, 2.24) is 14.5 Å². The Morgan fingerprint density at radius 1 is 1.56 bits per heavy atom. The van der Waals surface area contributed by atoms with Gasteiger partial charge in [0, 0.05) is 18.8 Å². The smallest absolute Gasteiger partial charge is 0.233 e. The van der Waals surface area contributed by atoms with Gasteiger partial charge in [-0.15, -0.1) is 5.10 Å². The van der Waals surface area contributed by atoms with Crippen LogP contribution in [0.4, 0.5) is 0 Å². The predicted octanol–water partition coefficient (Wildman–Crippen LogP) is 0.670. The quantitative estimate of drug-likeness (QED) is 0.804. The average molecular weight is 271 g/mol. The second-order valence-electron chi connectivity index (χ2n) is 4.20. The largest absolute Gasteiger partial charge is 0.472 e. The molecule has 7 heteroatoms. The molecule has 0 N–H and O–H groups in total. The molecule has 1 unspecified atom stereocenters. The van der Waals surface area contributed by atoms with Crippen LogP contribution in [-0.4, -0.2) is 47.9 Å². The Labute approximate surface area is 107 Å². The number of nitrogens with zero attached hydrogens (tertiary/aromatic N) is 3. The third-order valence-electron chi connectivity index (χ3n) is 2.93. The SMILES string of the molecule is CCS(=O)(=O)N1CCCC(Oc2cccnn2)C1. The van der Waals surface area contributed by atoms with Gasteiger partial charge in [0.1, 0.15) is 6.10 Å². The molecular weight excluding hydrogens is 254 g/mol. The lowest BCUT2D eigenvalue weighted by Gasteiger charge is -2.31. The van der Waals surface area contributed by atoms with E-state index in [1.807, 2.05) is 0 Å². The Kier molecular flexibility index (Phi) is 4.13. The molecule has 1 aromatic rings. The van der Waals surface area contributed by atoms with Gasteiger partial charge in [0.25, 0.3) is 0 Å². The molecule has 1 fully saturated rings. The van der Waals surface area contributed by atoms with Gasteiger partial charge in [0.15, 0.2) is 0 Å². The van der Waals surface area contributed by atoms with Gasteiger partial charge in [0.2, 0.25) is 15.9 Å². The standard InChI is InChI=1S/C11H17N3O3S/c1-2-18(15,16)14-8-4-5-10(9-14)17-11-6-3-7-12-13-11/h3,6-7,10H,2,4-5,8-9H2,1H3. The molecule has 1 aromatic heterocycles. The molecule has 0 aliphatic carbocycles. The molecule has 1 aliphatic heterocycles. The summed E-state index contributed by atoms with van der Waals surface area (Å²) in [5.41, 5.74) is 0. The molecule has 0 radical (unpaired) electrons. The minimum Gasteiger partial charge on any atom is -0.472 e. The first-order valence-corrected chi connectivity index (χ1v) is 7.65. The highest BCUT2D eigenvalue weighted by molar-refractivity contribution is 7.89. The fourth-order valence-corrected chi connectivity index (χ4v) is 3.12. The van der Waals surface area contributed by atoms with E-state index in [0.29, 0.717) is 19.0 Å². The van der Waals surface area contributed by atoms with E-state index in [-0.39, 0.29) is 11.9 Å². The molecule has 0 spiro atoms. The zero-order valence-corrected chi connectivity index (χ0v) is 11.1. The van der Waals surface area contributed by atoms with Crippen molar-refractivity contribution >= 4 is 10.0 Å². The van der Waals surface area contributed by atoms with Crippen LogP contribution in [0.1, 0.15) is 19.8 Å². The van der Waals surface area contributed by atoms with Crippen molar-refractivity contribution < 1.29 is 13.2 Å². The van der Waals surface area contributed by atoms with Gasteiger partial charge < -0.3 is 4.74 Å². The molecule has 18 heavy (non-hydrogen) atoms. The maximum absolute atomic E-state index is 11.8.